The third-order valence-corrected chi connectivity index (χ3v) is 6.27. The fraction of sp³-hybridized carbons (Fsp3) is 0.250. The van der Waals surface area contributed by atoms with Crippen molar-refractivity contribution in [3.63, 3.8) is 0 Å². The van der Waals surface area contributed by atoms with E-state index in [1.165, 1.54) is 9.80 Å². The SMILES string of the molecule is COc1ccc(NC(=O)N2CCN(C(=O)Nc3ccc(C)cc3)C2C(=O)NCc2cccc(CN)c2)cc1. The molecule has 1 atom stereocenters. The zero-order valence-electron chi connectivity index (χ0n) is 21.4. The number of nitrogens with one attached hydrogen (secondary N) is 3. The Balaban J connectivity index is 1.51. The van der Waals surface area contributed by atoms with Gasteiger partial charge in [0.15, 0.2) is 6.17 Å². The van der Waals surface area contributed by atoms with Crippen LogP contribution in [0.2, 0.25) is 0 Å². The molecule has 1 aliphatic heterocycles. The van der Waals surface area contributed by atoms with Gasteiger partial charge in [-0.25, -0.2) is 9.59 Å². The number of hydrogen-bond acceptors (Lipinski definition) is 5. The van der Waals surface area contributed by atoms with E-state index in [0.717, 1.165) is 16.7 Å². The molecule has 5 N–H and O–H groups in total. The van der Waals surface area contributed by atoms with E-state index < -0.39 is 24.1 Å². The second-order valence-electron chi connectivity index (χ2n) is 8.96. The maximum atomic E-state index is 13.4. The molecule has 0 saturated carbocycles. The second-order valence-corrected chi connectivity index (χ2v) is 8.96. The monoisotopic (exact) mass is 516 g/mol. The average Bonchev–Trinajstić information content (AvgIpc) is 3.39. The minimum absolute atomic E-state index is 0.185. The lowest BCUT2D eigenvalue weighted by atomic mass is 10.1. The summed E-state index contributed by atoms with van der Waals surface area (Å²) >= 11 is 0. The largest absolute Gasteiger partial charge is 0.497 e. The lowest BCUT2D eigenvalue weighted by Gasteiger charge is -2.29. The normalized spacial score (nSPS) is 14.7. The van der Waals surface area contributed by atoms with E-state index in [4.69, 9.17) is 10.5 Å². The van der Waals surface area contributed by atoms with Crippen molar-refractivity contribution in [1.82, 2.24) is 15.1 Å². The van der Waals surface area contributed by atoms with Crippen LogP contribution < -0.4 is 26.4 Å². The average molecular weight is 517 g/mol. The first-order valence-corrected chi connectivity index (χ1v) is 12.3. The first kappa shape index (κ1) is 26.5. The Hall–Kier alpha value is -4.57. The highest BCUT2D eigenvalue weighted by atomic mass is 16.5. The standard InChI is InChI=1S/C28H32N6O4/c1-19-6-8-22(9-7-19)31-27(36)33-14-15-34(28(37)32-23-10-12-24(38-2)13-11-23)26(33)25(35)30-18-21-5-3-4-20(16-21)17-29/h3-13,16,26H,14-15,17-18,29H2,1-2H3,(H,30,35)(H,31,36)(H,32,37). The first-order chi connectivity index (χ1) is 18.4. The Morgan fingerprint density at radius 1 is 0.868 bits per heavy atom. The van der Waals surface area contributed by atoms with Gasteiger partial charge in [0.1, 0.15) is 5.75 Å². The van der Waals surface area contributed by atoms with Gasteiger partial charge in [-0.05, 0) is 54.4 Å². The third-order valence-electron chi connectivity index (χ3n) is 6.27. The number of rotatable bonds is 7. The molecule has 10 heteroatoms. The highest BCUT2D eigenvalue weighted by Gasteiger charge is 2.42. The summed E-state index contributed by atoms with van der Waals surface area (Å²) in [5, 5.41) is 8.50. The predicted octanol–water partition coefficient (Wildman–Crippen LogP) is 3.49. The molecule has 1 saturated heterocycles. The van der Waals surface area contributed by atoms with Crippen molar-refractivity contribution < 1.29 is 19.1 Å². The van der Waals surface area contributed by atoms with E-state index in [1.54, 1.807) is 43.5 Å². The van der Waals surface area contributed by atoms with Crippen molar-refractivity contribution in [2.75, 3.05) is 30.8 Å². The van der Waals surface area contributed by atoms with Crippen LogP contribution in [0, 0.1) is 6.92 Å². The van der Waals surface area contributed by atoms with Crippen LogP contribution >= 0.6 is 0 Å². The highest BCUT2D eigenvalue weighted by molar-refractivity contribution is 5.98. The quantitative estimate of drug-likeness (QED) is 0.382. The Bertz CT molecular complexity index is 1280. The van der Waals surface area contributed by atoms with E-state index >= 15 is 0 Å². The Kier molecular flexibility index (Phi) is 8.44. The molecule has 3 aromatic rings. The van der Waals surface area contributed by atoms with Gasteiger partial charge in [-0.15, -0.1) is 0 Å². The number of urea groups is 2. The van der Waals surface area contributed by atoms with Crippen molar-refractivity contribution >= 4 is 29.3 Å². The smallest absolute Gasteiger partial charge is 0.323 e. The van der Waals surface area contributed by atoms with E-state index in [-0.39, 0.29) is 19.6 Å². The number of amides is 5. The fourth-order valence-corrected chi connectivity index (χ4v) is 4.19. The molecule has 1 unspecified atom stereocenters. The van der Waals surface area contributed by atoms with Crippen LogP contribution in [-0.2, 0) is 17.9 Å². The molecule has 0 aliphatic carbocycles. The lowest BCUT2D eigenvalue weighted by molar-refractivity contribution is -0.127. The number of nitrogens with two attached hydrogens (primary N) is 1. The Morgan fingerprint density at radius 2 is 1.42 bits per heavy atom. The van der Waals surface area contributed by atoms with Crippen molar-refractivity contribution in [3.05, 3.63) is 89.5 Å². The van der Waals surface area contributed by atoms with Gasteiger partial charge in [-0.3, -0.25) is 14.6 Å². The van der Waals surface area contributed by atoms with Crippen LogP contribution in [0.15, 0.2) is 72.8 Å². The van der Waals surface area contributed by atoms with Gasteiger partial charge in [-0.2, -0.15) is 0 Å². The molecule has 0 bridgehead atoms. The van der Waals surface area contributed by atoms with Crippen LogP contribution in [0.3, 0.4) is 0 Å². The van der Waals surface area contributed by atoms with Gasteiger partial charge in [0.05, 0.1) is 7.11 Å². The number of carbonyl (C=O) groups excluding carboxylic acids is 3. The van der Waals surface area contributed by atoms with Crippen LogP contribution in [-0.4, -0.2) is 54.1 Å². The van der Waals surface area contributed by atoms with Crippen LogP contribution in [0.5, 0.6) is 5.75 Å². The minimum atomic E-state index is -1.14. The molecule has 1 aliphatic rings. The molecule has 0 radical (unpaired) electrons. The van der Waals surface area contributed by atoms with E-state index in [2.05, 4.69) is 16.0 Å². The number of aryl methyl sites for hydroxylation is 1. The van der Waals surface area contributed by atoms with E-state index in [1.807, 2.05) is 43.3 Å². The maximum Gasteiger partial charge on any atom is 0.323 e. The van der Waals surface area contributed by atoms with Gasteiger partial charge < -0.3 is 26.4 Å². The summed E-state index contributed by atoms with van der Waals surface area (Å²) in [6.07, 6.45) is -1.14. The van der Waals surface area contributed by atoms with Crippen LogP contribution in [0.1, 0.15) is 16.7 Å². The highest BCUT2D eigenvalue weighted by Crippen LogP contribution is 2.21. The van der Waals surface area contributed by atoms with Crippen LogP contribution in [0.4, 0.5) is 21.0 Å². The maximum absolute atomic E-state index is 13.4. The number of nitrogens with zero attached hydrogens (tertiary/aromatic N) is 2. The molecule has 4 rings (SSSR count). The molecule has 5 amide bonds. The van der Waals surface area contributed by atoms with Crippen molar-refractivity contribution in [3.8, 4) is 5.75 Å². The number of carbonyl (C=O) groups is 3. The van der Waals surface area contributed by atoms with E-state index in [9.17, 15) is 14.4 Å². The summed E-state index contributed by atoms with van der Waals surface area (Å²) in [5.74, 6) is 0.184. The Labute approximate surface area is 221 Å². The number of ether oxygens (including phenoxy) is 1. The number of hydrogen-bond donors (Lipinski definition) is 4. The summed E-state index contributed by atoms with van der Waals surface area (Å²) < 4.78 is 5.16. The van der Waals surface area contributed by atoms with Gasteiger partial charge >= 0.3 is 12.1 Å². The second kappa shape index (κ2) is 12.1. The summed E-state index contributed by atoms with van der Waals surface area (Å²) in [7, 11) is 1.56. The van der Waals surface area contributed by atoms with Gasteiger partial charge in [-0.1, -0.05) is 42.0 Å². The fourth-order valence-electron chi connectivity index (χ4n) is 4.19. The number of methoxy groups -OCH3 is 1. The molecule has 0 aromatic heterocycles. The number of anilines is 2. The molecule has 10 nitrogen and oxygen atoms in total. The predicted molar refractivity (Wildman–Crippen MR) is 146 cm³/mol. The van der Waals surface area contributed by atoms with Gasteiger partial charge in [0.25, 0.3) is 5.91 Å². The van der Waals surface area contributed by atoms with E-state index in [0.29, 0.717) is 23.7 Å². The first-order valence-electron chi connectivity index (χ1n) is 12.3. The van der Waals surface area contributed by atoms with Gasteiger partial charge in [0, 0.05) is 37.6 Å². The molecule has 198 valence electrons. The minimum Gasteiger partial charge on any atom is -0.497 e. The summed E-state index contributed by atoms with van der Waals surface area (Å²) in [4.78, 5) is 42.6. The van der Waals surface area contributed by atoms with Crippen LogP contribution in [0.25, 0.3) is 0 Å². The van der Waals surface area contributed by atoms with Crippen molar-refractivity contribution in [1.29, 1.82) is 0 Å². The summed E-state index contributed by atoms with van der Waals surface area (Å²) in [5.41, 5.74) is 9.73. The van der Waals surface area contributed by atoms with Crippen molar-refractivity contribution in [2.24, 2.45) is 5.73 Å². The Morgan fingerprint density at radius 3 is 1.97 bits per heavy atom. The molecule has 38 heavy (non-hydrogen) atoms. The van der Waals surface area contributed by atoms with Gasteiger partial charge in [0.2, 0.25) is 0 Å². The molecular formula is C28H32N6O4. The zero-order valence-corrected chi connectivity index (χ0v) is 21.4. The molecule has 3 aromatic carbocycles. The molecule has 0 spiro atoms. The lowest BCUT2D eigenvalue weighted by Crippen LogP contribution is -2.55. The third kappa shape index (κ3) is 6.40. The summed E-state index contributed by atoms with van der Waals surface area (Å²) in [6.45, 7) is 2.94. The molecule has 1 fully saturated rings. The topological polar surface area (TPSA) is 129 Å². The molecular weight excluding hydrogens is 484 g/mol. The molecule has 1 heterocycles. The number of benzene rings is 3. The van der Waals surface area contributed by atoms with Crippen molar-refractivity contribution in [2.45, 2.75) is 26.2 Å². The zero-order chi connectivity index (χ0) is 27.1. The summed E-state index contributed by atoms with van der Waals surface area (Å²) in [6, 6.07) is 20.8.